The van der Waals surface area contributed by atoms with E-state index in [0.717, 1.165) is 36.3 Å². The SMILES string of the molecule is N[C@@H]1CCC[C@H]1CC(=O)NCc1cccc2c1OCO2. The van der Waals surface area contributed by atoms with Crippen molar-refractivity contribution in [1.82, 2.24) is 5.32 Å². The maximum atomic E-state index is 12.0. The molecule has 5 nitrogen and oxygen atoms in total. The summed E-state index contributed by atoms with van der Waals surface area (Å²) in [5.41, 5.74) is 6.94. The average Bonchev–Trinajstić information content (AvgIpc) is 3.06. The van der Waals surface area contributed by atoms with Gasteiger partial charge in [-0.25, -0.2) is 0 Å². The minimum atomic E-state index is 0.0591. The van der Waals surface area contributed by atoms with Gasteiger partial charge < -0.3 is 20.5 Å². The van der Waals surface area contributed by atoms with Gasteiger partial charge in [0.25, 0.3) is 0 Å². The Hall–Kier alpha value is -1.75. The number of benzene rings is 1. The molecule has 20 heavy (non-hydrogen) atoms. The first-order valence-electron chi connectivity index (χ1n) is 7.14. The van der Waals surface area contributed by atoms with Gasteiger partial charge in [0, 0.05) is 24.6 Å². The third-order valence-electron chi connectivity index (χ3n) is 4.12. The number of carbonyl (C=O) groups is 1. The van der Waals surface area contributed by atoms with Gasteiger partial charge in [0.15, 0.2) is 11.5 Å². The normalized spacial score (nSPS) is 23.9. The molecule has 5 heteroatoms. The molecule has 1 aliphatic carbocycles. The predicted octanol–water partition coefficient (Wildman–Crippen LogP) is 1.55. The first kappa shape index (κ1) is 13.2. The van der Waals surface area contributed by atoms with Gasteiger partial charge in [-0.2, -0.15) is 0 Å². The molecule has 0 spiro atoms. The molecule has 1 saturated carbocycles. The molecule has 0 aromatic heterocycles. The van der Waals surface area contributed by atoms with E-state index in [1.54, 1.807) is 0 Å². The zero-order chi connectivity index (χ0) is 13.9. The standard InChI is InChI=1S/C15H20N2O3/c16-12-5-1-3-10(12)7-14(18)17-8-11-4-2-6-13-15(11)20-9-19-13/h2,4,6,10,12H,1,3,5,7-9,16H2,(H,17,18)/t10-,12+/m0/s1. The van der Waals surface area contributed by atoms with E-state index in [1.165, 1.54) is 0 Å². The van der Waals surface area contributed by atoms with E-state index in [4.69, 9.17) is 15.2 Å². The maximum absolute atomic E-state index is 12.0. The topological polar surface area (TPSA) is 73.6 Å². The van der Waals surface area contributed by atoms with E-state index < -0.39 is 0 Å². The maximum Gasteiger partial charge on any atom is 0.231 e. The minimum Gasteiger partial charge on any atom is -0.454 e. The van der Waals surface area contributed by atoms with Gasteiger partial charge in [0.2, 0.25) is 12.7 Å². The van der Waals surface area contributed by atoms with E-state index in [2.05, 4.69) is 5.32 Å². The molecule has 0 radical (unpaired) electrons. The number of rotatable bonds is 4. The van der Waals surface area contributed by atoms with Gasteiger partial charge >= 0.3 is 0 Å². The predicted molar refractivity (Wildman–Crippen MR) is 74.3 cm³/mol. The number of ether oxygens (including phenoxy) is 2. The quantitative estimate of drug-likeness (QED) is 0.875. The monoisotopic (exact) mass is 276 g/mol. The molecule has 0 unspecified atom stereocenters. The van der Waals surface area contributed by atoms with Gasteiger partial charge in [-0.15, -0.1) is 0 Å². The number of nitrogens with one attached hydrogen (secondary N) is 1. The van der Waals surface area contributed by atoms with Crippen LogP contribution in [0.15, 0.2) is 18.2 Å². The highest BCUT2D eigenvalue weighted by atomic mass is 16.7. The Morgan fingerprint density at radius 2 is 2.25 bits per heavy atom. The van der Waals surface area contributed by atoms with Crippen molar-refractivity contribution in [1.29, 1.82) is 0 Å². The Labute approximate surface area is 118 Å². The summed E-state index contributed by atoms with van der Waals surface area (Å²) >= 11 is 0. The Kier molecular flexibility index (Phi) is 3.78. The van der Waals surface area contributed by atoms with Crippen LogP contribution in [0.1, 0.15) is 31.2 Å². The van der Waals surface area contributed by atoms with E-state index in [9.17, 15) is 4.79 Å². The Morgan fingerprint density at radius 1 is 1.35 bits per heavy atom. The van der Waals surface area contributed by atoms with Gasteiger partial charge in [0.1, 0.15) is 0 Å². The Morgan fingerprint density at radius 3 is 3.05 bits per heavy atom. The van der Waals surface area contributed by atoms with Crippen LogP contribution in [-0.2, 0) is 11.3 Å². The fourth-order valence-electron chi connectivity index (χ4n) is 2.95. The number of amides is 1. The zero-order valence-electron chi connectivity index (χ0n) is 11.4. The fraction of sp³-hybridized carbons (Fsp3) is 0.533. The van der Waals surface area contributed by atoms with Crippen molar-refractivity contribution in [2.24, 2.45) is 11.7 Å². The first-order valence-corrected chi connectivity index (χ1v) is 7.14. The van der Waals surface area contributed by atoms with Crippen LogP contribution in [0.5, 0.6) is 11.5 Å². The summed E-state index contributed by atoms with van der Waals surface area (Å²) in [6.07, 6.45) is 3.76. The molecule has 108 valence electrons. The summed E-state index contributed by atoms with van der Waals surface area (Å²) in [5.74, 6) is 1.87. The second kappa shape index (κ2) is 5.71. The van der Waals surface area contributed by atoms with Crippen molar-refractivity contribution >= 4 is 5.91 Å². The number of hydrogen-bond acceptors (Lipinski definition) is 4. The molecule has 0 bridgehead atoms. The van der Waals surface area contributed by atoms with E-state index in [1.807, 2.05) is 18.2 Å². The highest BCUT2D eigenvalue weighted by Crippen LogP contribution is 2.35. The lowest BCUT2D eigenvalue weighted by atomic mass is 10.00. The van der Waals surface area contributed by atoms with Crippen LogP contribution in [0, 0.1) is 5.92 Å². The highest BCUT2D eigenvalue weighted by molar-refractivity contribution is 5.76. The van der Waals surface area contributed by atoms with Crippen LogP contribution in [-0.4, -0.2) is 18.7 Å². The molecule has 1 aromatic carbocycles. The second-order valence-electron chi connectivity index (χ2n) is 5.49. The molecule has 1 heterocycles. The van der Waals surface area contributed by atoms with Crippen LogP contribution < -0.4 is 20.5 Å². The summed E-state index contributed by atoms with van der Waals surface area (Å²) in [6.45, 7) is 0.713. The van der Waals surface area contributed by atoms with Crippen molar-refractivity contribution in [3.63, 3.8) is 0 Å². The van der Waals surface area contributed by atoms with Crippen molar-refractivity contribution in [2.75, 3.05) is 6.79 Å². The van der Waals surface area contributed by atoms with Gasteiger partial charge in [-0.3, -0.25) is 4.79 Å². The summed E-state index contributed by atoms with van der Waals surface area (Å²) < 4.78 is 10.7. The molecular weight excluding hydrogens is 256 g/mol. The molecule has 1 aliphatic heterocycles. The number of para-hydroxylation sites is 1. The molecule has 1 fully saturated rings. The molecule has 1 aromatic rings. The zero-order valence-corrected chi connectivity index (χ0v) is 11.4. The molecule has 1 amide bonds. The highest BCUT2D eigenvalue weighted by Gasteiger charge is 2.26. The summed E-state index contributed by atoms with van der Waals surface area (Å²) in [4.78, 5) is 12.0. The van der Waals surface area contributed by atoms with Crippen LogP contribution >= 0.6 is 0 Å². The Bertz CT molecular complexity index is 504. The van der Waals surface area contributed by atoms with Crippen molar-refractivity contribution < 1.29 is 14.3 Å². The van der Waals surface area contributed by atoms with E-state index in [0.29, 0.717) is 18.9 Å². The van der Waals surface area contributed by atoms with Crippen molar-refractivity contribution in [3.8, 4) is 11.5 Å². The number of carbonyl (C=O) groups excluding carboxylic acids is 1. The van der Waals surface area contributed by atoms with Gasteiger partial charge in [-0.05, 0) is 24.8 Å². The van der Waals surface area contributed by atoms with Crippen molar-refractivity contribution in [3.05, 3.63) is 23.8 Å². The van der Waals surface area contributed by atoms with E-state index in [-0.39, 0.29) is 18.7 Å². The lowest BCUT2D eigenvalue weighted by Gasteiger charge is -2.15. The van der Waals surface area contributed by atoms with Crippen LogP contribution in [0.2, 0.25) is 0 Å². The number of fused-ring (bicyclic) bond motifs is 1. The second-order valence-corrected chi connectivity index (χ2v) is 5.49. The van der Waals surface area contributed by atoms with Crippen LogP contribution in [0.25, 0.3) is 0 Å². The van der Waals surface area contributed by atoms with Crippen LogP contribution in [0.4, 0.5) is 0 Å². The number of nitrogens with two attached hydrogens (primary N) is 1. The third-order valence-corrected chi connectivity index (χ3v) is 4.12. The lowest BCUT2D eigenvalue weighted by Crippen LogP contribution is -2.31. The summed E-state index contributed by atoms with van der Waals surface area (Å²) in [6, 6.07) is 5.89. The minimum absolute atomic E-state index is 0.0591. The molecule has 3 N–H and O–H groups in total. The molecule has 2 atom stereocenters. The fourth-order valence-corrected chi connectivity index (χ4v) is 2.95. The smallest absolute Gasteiger partial charge is 0.231 e. The van der Waals surface area contributed by atoms with Gasteiger partial charge in [-0.1, -0.05) is 18.6 Å². The third kappa shape index (κ3) is 2.72. The molecule has 0 saturated heterocycles. The molecular formula is C15H20N2O3. The summed E-state index contributed by atoms with van der Waals surface area (Å²) in [7, 11) is 0. The lowest BCUT2D eigenvalue weighted by molar-refractivity contribution is -0.122. The van der Waals surface area contributed by atoms with Crippen molar-refractivity contribution in [2.45, 2.75) is 38.3 Å². The van der Waals surface area contributed by atoms with Gasteiger partial charge in [0.05, 0.1) is 0 Å². The molecule has 2 aliphatic rings. The molecule has 3 rings (SSSR count). The Balaban J connectivity index is 1.54. The van der Waals surface area contributed by atoms with E-state index >= 15 is 0 Å². The summed E-state index contributed by atoms with van der Waals surface area (Å²) in [5, 5.41) is 2.95. The number of hydrogen-bond donors (Lipinski definition) is 2. The van der Waals surface area contributed by atoms with Crippen LogP contribution in [0.3, 0.4) is 0 Å². The largest absolute Gasteiger partial charge is 0.454 e. The average molecular weight is 276 g/mol. The first-order chi connectivity index (χ1) is 9.74.